The van der Waals surface area contributed by atoms with E-state index in [2.05, 4.69) is 65.2 Å². The van der Waals surface area contributed by atoms with Gasteiger partial charge in [-0.25, -0.2) is 4.98 Å². The largest absolute Gasteiger partial charge is 0.366 e. The highest BCUT2D eigenvalue weighted by atomic mass is 15.3. The predicted molar refractivity (Wildman–Crippen MR) is 110 cm³/mol. The highest BCUT2D eigenvalue weighted by Crippen LogP contribution is 2.25. The van der Waals surface area contributed by atoms with Crippen molar-refractivity contribution in [2.45, 2.75) is 45.2 Å². The lowest BCUT2D eigenvalue weighted by Gasteiger charge is -2.24. The quantitative estimate of drug-likeness (QED) is 0.623. The third-order valence-electron chi connectivity index (χ3n) is 5.09. The second-order valence-corrected chi connectivity index (χ2v) is 7.54. The molecule has 0 amide bonds. The second-order valence-electron chi connectivity index (χ2n) is 7.54. The van der Waals surface area contributed by atoms with Gasteiger partial charge in [-0.15, -0.1) is 0 Å². The van der Waals surface area contributed by atoms with Crippen molar-refractivity contribution in [3.63, 3.8) is 0 Å². The molecule has 1 aliphatic heterocycles. The van der Waals surface area contributed by atoms with E-state index in [9.17, 15) is 0 Å². The van der Waals surface area contributed by atoms with Gasteiger partial charge in [-0.05, 0) is 30.9 Å². The van der Waals surface area contributed by atoms with Crippen LogP contribution in [0.4, 0.5) is 11.6 Å². The van der Waals surface area contributed by atoms with Crippen LogP contribution in [0.15, 0.2) is 42.6 Å². The topological polar surface area (TPSA) is 66.3 Å². The van der Waals surface area contributed by atoms with Gasteiger partial charge in [-0.3, -0.25) is 0 Å². The van der Waals surface area contributed by atoms with E-state index in [4.69, 9.17) is 4.98 Å². The lowest BCUT2D eigenvalue weighted by atomic mass is 10.1. The van der Waals surface area contributed by atoms with Crippen molar-refractivity contribution in [1.82, 2.24) is 19.9 Å². The van der Waals surface area contributed by atoms with Crippen molar-refractivity contribution in [2.24, 2.45) is 0 Å². The fourth-order valence-electron chi connectivity index (χ4n) is 3.56. The molecule has 6 nitrogen and oxygen atoms in total. The number of aromatic nitrogens is 3. The van der Waals surface area contributed by atoms with E-state index in [0.29, 0.717) is 12.0 Å². The number of benzene rings is 1. The normalized spacial score (nSPS) is 17.4. The molecule has 4 rings (SSSR count). The van der Waals surface area contributed by atoms with Crippen LogP contribution in [0.5, 0.6) is 0 Å². The Morgan fingerprint density at radius 1 is 1.26 bits per heavy atom. The first kappa shape index (κ1) is 17.8. The summed E-state index contributed by atoms with van der Waals surface area (Å²) in [5, 5.41) is 15.2. The molecule has 1 saturated heterocycles. The average Bonchev–Trinajstić information content (AvgIpc) is 3.12. The SMILES string of the molecule is CC(C)c1cnn2c(NCc3ccccc3)cc(N[C@@H]3CCCNC3)nc12. The lowest BCUT2D eigenvalue weighted by molar-refractivity contribution is 0.479. The van der Waals surface area contributed by atoms with Gasteiger partial charge < -0.3 is 16.0 Å². The van der Waals surface area contributed by atoms with E-state index in [0.717, 1.165) is 36.9 Å². The predicted octanol–water partition coefficient (Wildman–Crippen LogP) is 3.63. The first-order chi connectivity index (χ1) is 13.2. The van der Waals surface area contributed by atoms with Crippen LogP contribution in [-0.4, -0.2) is 33.7 Å². The summed E-state index contributed by atoms with van der Waals surface area (Å²) in [6.45, 7) is 7.20. The molecule has 3 heterocycles. The van der Waals surface area contributed by atoms with Crippen molar-refractivity contribution in [2.75, 3.05) is 23.7 Å². The van der Waals surface area contributed by atoms with Gasteiger partial charge in [0.05, 0.1) is 6.20 Å². The van der Waals surface area contributed by atoms with Crippen LogP contribution in [0.25, 0.3) is 5.65 Å². The Labute approximate surface area is 160 Å². The van der Waals surface area contributed by atoms with E-state index in [1.54, 1.807) is 0 Å². The van der Waals surface area contributed by atoms with Crippen LogP contribution >= 0.6 is 0 Å². The van der Waals surface area contributed by atoms with E-state index in [1.165, 1.54) is 24.0 Å². The average molecular weight is 364 g/mol. The molecular weight excluding hydrogens is 336 g/mol. The minimum absolute atomic E-state index is 0.378. The molecule has 1 aromatic carbocycles. The summed E-state index contributed by atoms with van der Waals surface area (Å²) in [7, 11) is 0. The first-order valence-corrected chi connectivity index (χ1v) is 9.84. The number of hydrogen-bond acceptors (Lipinski definition) is 5. The molecule has 142 valence electrons. The maximum atomic E-state index is 4.89. The summed E-state index contributed by atoms with van der Waals surface area (Å²) in [6.07, 6.45) is 4.30. The zero-order valence-electron chi connectivity index (χ0n) is 16.1. The first-order valence-electron chi connectivity index (χ1n) is 9.84. The molecule has 1 fully saturated rings. The van der Waals surface area contributed by atoms with E-state index in [1.807, 2.05) is 16.8 Å². The van der Waals surface area contributed by atoms with E-state index in [-0.39, 0.29) is 0 Å². The minimum atomic E-state index is 0.378. The van der Waals surface area contributed by atoms with Gasteiger partial charge >= 0.3 is 0 Å². The molecule has 0 aliphatic carbocycles. The van der Waals surface area contributed by atoms with Gasteiger partial charge in [-0.1, -0.05) is 44.2 Å². The number of piperidine rings is 1. The van der Waals surface area contributed by atoms with Crippen molar-refractivity contribution in [3.8, 4) is 0 Å². The summed E-state index contributed by atoms with van der Waals surface area (Å²) in [4.78, 5) is 4.89. The third-order valence-corrected chi connectivity index (χ3v) is 5.09. The molecule has 1 atom stereocenters. The fourth-order valence-corrected chi connectivity index (χ4v) is 3.56. The number of hydrogen-bond donors (Lipinski definition) is 3. The molecule has 27 heavy (non-hydrogen) atoms. The lowest BCUT2D eigenvalue weighted by Crippen LogP contribution is -2.38. The molecule has 2 aromatic heterocycles. The zero-order chi connectivity index (χ0) is 18.6. The molecule has 6 heteroatoms. The summed E-state index contributed by atoms with van der Waals surface area (Å²) < 4.78 is 1.92. The van der Waals surface area contributed by atoms with Crippen molar-refractivity contribution in [3.05, 3.63) is 53.7 Å². The maximum absolute atomic E-state index is 4.89. The molecule has 0 spiro atoms. The van der Waals surface area contributed by atoms with Gasteiger partial charge in [-0.2, -0.15) is 9.61 Å². The smallest absolute Gasteiger partial charge is 0.163 e. The summed E-state index contributed by atoms with van der Waals surface area (Å²) in [5.41, 5.74) is 3.34. The monoisotopic (exact) mass is 364 g/mol. The van der Waals surface area contributed by atoms with Gasteiger partial charge in [0.1, 0.15) is 11.6 Å². The van der Waals surface area contributed by atoms with Gasteiger partial charge in [0.15, 0.2) is 5.65 Å². The van der Waals surface area contributed by atoms with Crippen molar-refractivity contribution >= 4 is 17.3 Å². The Morgan fingerprint density at radius 2 is 2.11 bits per heavy atom. The minimum Gasteiger partial charge on any atom is -0.366 e. The van der Waals surface area contributed by atoms with Crippen molar-refractivity contribution in [1.29, 1.82) is 0 Å². The molecule has 3 N–H and O–H groups in total. The Balaban J connectivity index is 1.64. The van der Waals surface area contributed by atoms with Crippen molar-refractivity contribution < 1.29 is 0 Å². The second kappa shape index (κ2) is 7.96. The molecule has 0 saturated carbocycles. The summed E-state index contributed by atoms with van der Waals surface area (Å²) in [6, 6.07) is 12.9. The molecule has 0 unspecified atom stereocenters. The molecule has 1 aliphatic rings. The highest BCUT2D eigenvalue weighted by Gasteiger charge is 2.17. The van der Waals surface area contributed by atoms with Gasteiger partial charge in [0, 0.05) is 30.8 Å². The standard InChI is InChI=1S/C21H28N6/c1-15(2)18-14-24-27-20(23-12-16-7-4-3-5-8-16)11-19(26-21(18)27)25-17-9-6-10-22-13-17/h3-5,7-8,11,14-15,17,22-23H,6,9-10,12-13H2,1-2H3,(H,25,26)/t17-/m1/s1. The maximum Gasteiger partial charge on any atom is 0.163 e. The van der Waals surface area contributed by atoms with Gasteiger partial charge in [0.25, 0.3) is 0 Å². The van der Waals surface area contributed by atoms with Crippen LogP contribution in [-0.2, 0) is 6.54 Å². The molecule has 0 radical (unpaired) electrons. The van der Waals surface area contributed by atoms with Crippen LogP contribution < -0.4 is 16.0 Å². The molecule has 0 bridgehead atoms. The number of nitrogens with zero attached hydrogens (tertiary/aromatic N) is 3. The van der Waals surface area contributed by atoms with Gasteiger partial charge in [0.2, 0.25) is 0 Å². The number of anilines is 2. The number of fused-ring (bicyclic) bond motifs is 1. The van der Waals surface area contributed by atoms with Crippen LogP contribution in [0.3, 0.4) is 0 Å². The Morgan fingerprint density at radius 3 is 2.85 bits per heavy atom. The third kappa shape index (κ3) is 4.06. The molecule has 3 aromatic rings. The fraction of sp³-hybridized carbons (Fsp3) is 0.429. The zero-order valence-corrected chi connectivity index (χ0v) is 16.1. The molecular formula is C21H28N6. The van der Waals surface area contributed by atoms with E-state index < -0.39 is 0 Å². The Bertz CT molecular complexity index is 880. The summed E-state index contributed by atoms with van der Waals surface area (Å²) >= 11 is 0. The Hall–Kier alpha value is -2.60. The number of nitrogens with one attached hydrogen (secondary N) is 3. The highest BCUT2D eigenvalue weighted by molar-refractivity contribution is 5.61. The van der Waals surface area contributed by atoms with Crippen LogP contribution in [0.1, 0.15) is 43.7 Å². The van der Waals surface area contributed by atoms with Crippen LogP contribution in [0.2, 0.25) is 0 Å². The summed E-state index contributed by atoms with van der Waals surface area (Å²) in [5.74, 6) is 2.25. The van der Waals surface area contributed by atoms with Crippen LogP contribution in [0, 0.1) is 0 Å². The Kier molecular flexibility index (Phi) is 5.25. The van der Waals surface area contributed by atoms with E-state index >= 15 is 0 Å². The number of rotatable bonds is 6.